The van der Waals surface area contributed by atoms with Gasteiger partial charge in [-0.05, 0) is 63.3 Å². The lowest BCUT2D eigenvalue weighted by Gasteiger charge is -2.26. The van der Waals surface area contributed by atoms with Crippen LogP contribution in [0.15, 0.2) is 59.4 Å². The summed E-state index contributed by atoms with van der Waals surface area (Å²) in [7, 11) is 5.72. The average Bonchev–Trinajstić information content (AvgIpc) is 3.51. The van der Waals surface area contributed by atoms with Crippen LogP contribution in [0.1, 0.15) is 64.8 Å². The minimum atomic E-state index is -1.97. The van der Waals surface area contributed by atoms with Gasteiger partial charge in [0.1, 0.15) is 36.1 Å². The van der Waals surface area contributed by atoms with Crippen LogP contribution in [0.2, 0.25) is 0 Å². The fraction of sp³-hybridized carbons (Fsp3) is 0.611. The number of ether oxygens (including phenoxy) is 6. The summed E-state index contributed by atoms with van der Waals surface area (Å²) in [6.07, 6.45) is 4.63. The Hall–Kier alpha value is -3.91. The van der Waals surface area contributed by atoms with Gasteiger partial charge < -0.3 is 39.5 Å². The number of halogens is 3. The number of allylic oxidation sites excluding steroid dienone is 2. The van der Waals surface area contributed by atoms with E-state index in [1.54, 1.807) is 12.2 Å². The van der Waals surface area contributed by atoms with Gasteiger partial charge in [-0.3, -0.25) is 18.7 Å². The van der Waals surface area contributed by atoms with Gasteiger partial charge in [0, 0.05) is 53.7 Å². The minimum Gasteiger partial charge on any atom is -0.383 e. The predicted octanol–water partition coefficient (Wildman–Crippen LogP) is 4.05. The van der Waals surface area contributed by atoms with E-state index in [1.807, 2.05) is 0 Å². The molecule has 2 aromatic rings. The largest absolute Gasteiger partial charge is 0.383 e. The Balaban J connectivity index is 0.000000326. The highest BCUT2D eigenvalue weighted by Gasteiger charge is 2.57. The van der Waals surface area contributed by atoms with E-state index in [-0.39, 0.29) is 36.0 Å². The minimum absolute atomic E-state index is 0.0709. The van der Waals surface area contributed by atoms with E-state index in [9.17, 15) is 23.6 Å². The molecular weight excluding hydrogens is 750 g/mol. The molecular formula is C36H53ClF2N6O10. The predicted molar refractivity (Wildman–Crippen MR) is 201 cm³/mol. The zero-order chi connectivity index (χ0) is 41.3. The Kier molecular flexibility index (Phi) is 19.4. The summed E-state index contributed by atoms with van der Waals surface area (Å²) in [5.41, 5.74) is 0.132. The number of hydrogen-bond donors (Lipinski definition) is 2. The van der Waals surface area contributed by atoms with E-state index < -0.39 is 59.6 Å². The van der Waals surface area contributed by atoms with Gasteiger partial charge in [-0.15, -0.1) is 13.2 Å². The van der Waals surface area contributed by atoms with Crippen molar-refractivity contribution in [2.45, 2.75) is 101 Å². The molecule has 16 nitrogen and oxygen atoms in total. The highest BCUT2D eigenvalue weighted by atomic mass is 35.5. The Bertz CT molecular complexity index is 1680. The fourth-order valence-electron chi connectivity index (χ4n) is 6.03. The first-order valence-electron chi connectivity index (χ1n) is 17.4. The summed E-state index contributed by atoms with van der Waals surface area (Å²) in [6, 6.07) is 2.84. The van der Waals surface area contributed by atoms with Crippen molar-refractivity contribution in [2.75, 3.05) is 52.7 Å². The van der Waals surface area contributed by atoms with Crippen molar-refractivity contribution in [1.82, 2.24) is 19.1 Å². The topological polar surface area (TPSA) is 197 Å². The van der Waals surface area contributed by atoms with Crippen molar-refractivity contribution in [3.8, 4) is 0 Å². The second-order valence-corrected chi connectivity index (χ2v) is 13.3. The number of carbonyl (C=O) groups excluding carboxylic acids is 2. The summed E-state index contributed by atoms with van der Waals surface area (Å²) in [5.74, 6) is -0.0785. The second kappa shape index (κ2) is 22.6. The first-order chi connectivity index (χ1) is 26.0. The molecule has 2 aliphatic rings. The van der Waals surface area contributed by atoms with Crippen LogP contribution in [0.4, 0.5) is 20.4 Å². The molecule has 3 N–H and O–H groups in total. The molecule has 1 amide bonds. The normalized spacial score (nSPS) is 26.9. The van der Waals surface area contributed by atoms with Crippen molar-refractivity contribution < 1.29 is 46.8 Å². The van der Waals surface area contributed by atoms with Gasteiger partial charge in [-0.2, -0.15) is 9.97 Å². The van der Waals surface area contributed by atoms with Crippen molar-refractivity contribution in [2.24, 2.45) is 0 Å². The number of nitrogen functional groups attached to an aromatic ring is 1. The maximum absolute atomic E-state index is 15.3. The number of aromatic nitrogens is 4. The third-order valence-corrected chi connectivity index (χ3v) is 8.77. The van der Waals surface area contributed by atoms with Gasteiger partial charge >= 0.3 is 11.4 Å². The number of nitrogens with two attached hydrogens (primary N) is 1. The van der Waals surface area contributed by atoms with Crippen LogP contribution in [-0.2, 0) is 38.0 Å². The number of rotatable bonds is 17. The molecule has 2 aromatic heterocycles. The smallest absolute Gasteiger partial charge is 0.351 e. The monoisotopic (exact) mass is 802 g/mol. The molecule has 308 valence electrons. The number of nitrogens with zero attached hydrogens (tertiary/aromatic N) is 4. The number of anilines is 2. The highest BCUT2D eigenvalue weighted by Crippen LogP contribution is 2.43. The lowest BCUT2D eigenvalue weighted by molar-refractivity contribution is -0.116. The molecule has 2 aliphatic heterocycles. The molecule has 4 rings (SSSR count). The SMILES string of the molecule is C=CCCCC(=O)Cl.C=CCCCC(=O)Nc1ccn([C@@H]2O[C@H](COC)C(OC)[C@]2(C)F)c(=O)n1.COC[C@H]1O[C@@H](n2ccc(N)nc2=O)[C@@](C)(F)C1OC. The molecule has 55 heavy (non-hydrogen) atoms. The lowest BCUT2D eigenvalue weighted by Crippen LogP contribution is -2.44. The van der Waals surface area contributed by atoms with Crippen LogP contribution in [0.3, 0.4) is 0 Å². The summed E-state index contributed by atoms with van der Waals surface area (Å²) >= 11 is 5.04. The number of amides is 1. The molecule has 2 fully saturated rings. The number of alkyl halides is 2. The molecule has 4 heterocycles. The average molecular weight is 803 g/mol. The van der Waals surface area contributed by atoms with Crippen molar-refractivity contribution in [1.29, 1.82) is 0 Å². The molecule has 19 heteroatoms. The molecule has 0 aromatic carbocycles. The molecule has 0 spiro atoms. The number of unbranched alkanes of at least 4 members (excludes halogenated alkanes) is 2. The van der Waals surface area contributed by atoms with Crippen LogP contribution in [-0.4, -0.2) is 108 Å². The van der Waals surface area contributed by atoms with Gasteiger partial charge in [-0.1, -0.05) is 12.2 Å². The lowest BCUT2D eigenvalue weighted by atomic mass is 9.98. The van der Waals surface area contributed by atoms with Gasteiger partial charge in [0.25, 0.3) is 0 Å². The summed E-state index contributed by atoms with van der Waals surface area (Å²) in [4.78, 5) is 53.5. The molecule has 0 saturated carbocycles. The van der Waals surface area contributed by atoms with Crippen LogP contribution in [0.25, 0.3) is 0 Å². The van der Waals surface area contributed by atoms with E-state index in [0.717, 1.165) is 28.4 Å². The zero-order valence-electron chi connectivity index (χ0n) is 32.1. The third-order valence-electron chi connectivity index (χ3n) is 8.58. The van der Waals surface area contributed by atoms with Gasteiger partial charge in [0.2, 0.25) is 11.1 Å². The Morgan fingerprint density at radius 1 is 0.873 bits per heavy atom. The molecule has 0 bridgehead atoms. The summed E-state index contributed by atoms with van der Waals surface area (Å²) in [6.45, 7) is 10.0. The summed E-state index contributed by atoms with van der Waals surface area (Å²) in [5, 5.41) is 2.29. The first-order valence-corrected chi connectivity index (χ1v) is 17.8. The standard InChI is InChI=1S/C18H26FN3O5.C12H18FN3O4.C6H9ClO/c1-5-6-7-8-14(23)20-13-9-10-22(17(24)21-13)16-18(2,19)15(26-4)12(27-16)11-25-3;1-12(13)9(19-3)7(6-18-2)20-10(12)16-5-4-8(14)15-11(16)17;1-2-3-4-5-6(7)8/h5,9-10,12,15-16H,1,6-8,11H2,2-4H3,(H,20,21,23,24);4-5,7,9-10H,6H2,1-3H3,(H2,14,15,17);2H,1,3-5H2/t12-,15?,16-,18+;7-,9?,10-,12+;/m11./s1. The third kappa shape index (κ3) is 13.1. The van der Waals surface area contributed by atoms with Crippen molar-refractivity contribution in [3.63, 3.8) is 0 Å². The number of nitrogens with one attached hydrogen (secondary N) is 1. The Morgan fingerprint density at radius 2 is 1.33 bits per heavy atom. The van der Waals surface area contributed by atoms with Crippen LogP contribution < -0.4 is 22.4 Å². The molecule has 2 saturated heterocycles. The highest BCUT2D eigenvalue weighted by molar-refractivity contribution is 6.63. The second-order valence-electron chi connectivity index (χ2n) is 12.9. The molecule has 0 aliphatic carbocycles. The molecule has 0 radical (unpaired) electrons. The van der Waals surface area contributed by atoms with Crippen LogP contribution in [0.5, 0.6) is 0 Å². The quantitative estimate of drug-likeness (QED) is 0.132. The maximum Gasteiger partial charge on any atom is 0.351 e. The van der Waals surface area contributed by atoms with Crippen molar-refractivity contribution >= 4 is 34.4 Å². The van der Waals surface area contributed by atoms with Gasteiger partial charge in [0.15, 0.2) is 23.8 Å². The Morgan fingerprint density at radius 3 is 1.73 bits per heavy atom. The Labute approximate surface area is 323 Å². The zero-order valence-corrected chi connectivity index (χ0v) is 32.8. The van der Waals surface area contributed by atoms with E-state index in [0.29, 0.717) is 19.3 Å². The van der Waals surface area contributed by atoms with Crippen molar-refractivity contribution in [3.05, 3.63) is 70.8 Å². The maximum atomic E-state index is 15.3. The van der Waals surface area contributed by atoms with Crippen LogP contribution in [0, 0.1) is 0 Å². The van der Waals surface area contributed by atoms with Gasteiger partial charge in [-0.25, -0.2) is 18.4 Å². The molecule has 2 unspecified atom stereocenters. The van der Waals surface area contributed by atoms with E-state index in [4.69, 9.17) is 45.8 Å². The van der Waals surface area contributed by atoms with Crippen LogP contribution >= 0.6 is 11.6 Å². The molecule has 8 atom stereocenters. The van der Waals surface area contributed by atoms with Gasteiger partial charge in [0.05, 0.1) is 13.2 Å². The number of carbonyl (C=O) groups is 2. The summed E-state index contributed by atoms with van der Waals surface area (Å²) < 4.78 is 64.0. The fourth-order valence-corrected chi connectivity index (χ4v) is 6.17. The first kappa shape index (κ1) is 47.2. The van der Waals surface area contributed by atoms with E-state index >= 15 is 4.39 Å². The number of methoxy groups -OCH3 is 4. The van der Waals surface area contributed by atoms with E-state index in [1.165, 1.54) is 66.8 Å². The van der Waals surface area contributed by atoms with E-state index in [2.05, 4.69) is 28.4 Å². The number of hydrogen-bond acceptors (Lipinski definition) is 13.